The third-order valence-electron chi connectivity index (χ3n) is 2.91. The minimum absolute atomic E-state index is 0.181. The average molecular weight is 387 g/mol. The van der Waals surface area contributed by atoms with E-state index in [0.29, 0.717) is 16.5 Å². The molecule has 1 amide bonds. The SMILES string of the molecule is COCOc1ccc(/C=C/C(=O)Nc2c(Cl)cc(Cl)cc2Cl)cc1. The molecule has 1 N–H and O–H groups in total. The molecular formula is C17H14Cl3NO3. The fourth-order valence-corrected chi connectivity index (χ4v) is 2.71. The third-order valence-corrected chi connectivity index (χ3v) is 3.72. The maximum absolute atomic E-state index is 12.0. The highest BCUT2D eigenvalue weighted by Gasteiger charge is 2.09. The lowest BCUT2D eigenvalue weighted by atomic mass is 10.2. The molecule has 2 rings (SSSR count). The van der Waals surface area contributed by atoms with Gasteiger partial charge < -0.3 is 14.8 Å². The van der Waals surface area contributed by atoms with Gasteiger partial charge in [-0.1, -0.05) is 46.9 Å². The molecule has 0 atom stereocenters. The molecule has 2 aromatic carbocycles. The Kier molecular flexibility index (Phi) is 6.94. The van der Waals surface area contributed by atoms with E-state index in [1.54, 1.807) is 25.3 Å². The predicted molar refractivity (Wildman–Crippen MR) is 98.1 cm³/mol. The number of amides is 1. The number of carbonyl (C=O) groups is 1. The van der Waals surface area contributed by atoms with Crippen molar-refractivity contribution in [1.82, 2.24) is 0 Å². The van der Waals surface area contributed by atoms with Crippen molar-refractivity contribution in [2.45, 2.75) is 0 Å². The van der Waals surface area contributed by atoms with E-state index < -0.39 is 0 Å². The normalized spacial score (nSPS) is 10.8. The molecule has 0 unspecified atom stereocenters. The van der Waals surface area contributed by atoms with Crippen LogP contribution in [-0.2, 0) is 9.53 Å². The Morgan fingerprint density at radius 1 is 1.12 bits per heavy atom. The van der Waals surface area contributed by atoms with Gasteiger partial charge in [-0.2, -0.15) is 0 Å². The summed E-state index contributed by atoms with van der Waals surface area (Å²) in [5.74, 6) is 0.319. The zero-order chi connectivity index (χ0) is 17.5. The molecule has 0 spiro atoms. The first-order valence-corrected chi connectivity index (χ1v) is 7.98. The van der Waals surface area contributed by atoms with E-state index in [2.05, 4.69) is 5.32 Å². The van der Waals surface area contributed by atoms with Crippen molar-refractivity contribution in [2.24, 2.45) is 0 Å². The van der Waals surface area contributed by atoms with Crippen LogP contribution in [0.5, 0.6) is 5.75 Å². The fourth-order valence-electron chi connectivity index (χ4n) is 1.80. The van der Waals surface area contributed by atoms with Crippen molar-refractivity contribution < 1.29 is 14.3 Å². The first-order chi connectivity index (χ1) is 11.5. The van der Waals surface area contributed by atoms with Gasteiger partial charge >= 0.3 is 0 Å². The van der Waals surface area contributed by atoms with E-state index in [0.717, 1.165) is 5.56 Å². The number of anilines is 1. The Hall–Kier alpha value is -1.72. The van der Waals surface area contributed by atoms with Gasteiger partial charge in [0, 0.05) is 18.2 Å². The first kappa shape index (κ1) is 18.6. The summed E-state index contributed by atoms with van der Waals surface area (Å²) < 4.78 is 10.1. The number of nitrogens with one attached hydrogen (secondary N) is 1. The topological polar surface area (TPSA) is 47.6 Å². The molecule has 0 aliphatic heterocycles. The van der Waals surface area contributed by atoms with Crippen LogP contribution in [-0.4, -0.2) is 19.8 Å². The molecule has 7 heteroatoms. The van der Waals surface area contributed by atoms with Crippen LogP contribution in [0.4, 0.5) is 5.69 Å². The van der Waals surface area contributed by atoms with Gasteiger partial charge in [0.1, 0.15) is 5.75 Å². The monoisotopic (exact) mass is 385 g/mol. The highest BCUT2D eigenvalue weighted by Crippen LogP contribution is 2.33. The Balaban J connectivity index is 2.00. The predicted octanol–water partition coefficient (Wildman–Crippen LogP) is 5.28. The molecule has 2 aromatic rings. The lowest BCUT2D eigenvalue weighted by Crippen LogP contribution is -2.08. The number of halogens is 3. The second kappa shape index (κ2) is 8.94. The quantitative estimate of drug-likeness (QED) is 0.542. The number of ether oxygens (including phenoxy) is 2. The number of methoxy groups -OCH3 is 1. The third kappa shape index (κ3) is 5.42. The molecule has 0 saturated heterocycles. The van der Waals surface area contributed by atoms with Gasteiger partial charge in [0.2, 0.25) is 5.91 Å². The zero-order valence-electron chi connectivity index (χ0n) is 12.7. The van der Waals surface area contributed by atoms with Gasteiger partial charge in [0.25, 0.3) is 0 Å². The standard InChI is InChI=1S/C17H14Cl3NO3/c1-23-10-24-13-5-2-11(3-6-13)4-7-16(22)21-17-14(19)8-12(18)9-15(17)20/h2-9H,10H2,1H3,(H,21,22)/b7-4+. The lowest BCUT2D eigenvalue weighted by molar-refractivity contribution is -0.111. The van der Waals surface area contributed by atoms with Gasteiger partial charge in [-0.15, -0.1) is 0 Å². The van der Waals surface area contributed by atoms with Crippen LogP contribution in [0.3, 0.4) is 0 Å². The summed E-state index contributed by atoms with van der Waals surface area (Å²) >= 11 is 17.9. The summed E-state index contributed by atoms with van der Waals surface area (Å²) in [6, 6.07) is 10.2. The Morgan fingerprint density at radius 3 is 2.33 bits per heavy atom. The lowest BCUT2D eigenvalue weighted by Gasteiger charge is -2.08. The van der Waals surface area contributed by atoms with E-state index in [9.17, 15) is 4.79 Å². The molecular weight excluding hydrogens is 373 g/mol. The number of carbonyl (C=O) groups excluding carboxylic acids is 1. The summed E-state index contributed by atoms with van der Waals surface area (Å²) in [7, 11) is 1.55. The van der Waals surface area contributed by atoms with Crippen molar-refractivity contribution in [3.05, 3.63) is 63.1 Å². The molecule has 0 heterocycles. The van der Waals surface area contributed by atoms with Crippen LogP contribution < -0.4 is 10.1 Å². The van der Waals surface area contributed by atoms with E-state index in [4.69, 9.17) is 44.3 Å². The number of hydrogen-bond donors (Lipinski definition) is 1. The second-order valence-electron chi connectivity index (χ2n) is 4.69. The maximum Gasteiger partial charge on any atom is 0.248 e. The molecule has 126 valence electrons. The van der Waals surface area contributed by atoms with E-state index >= 15 is 0 Å². The molecule has 0 bridgehead atoms. The Bertz CT molecular complexity index is 722. The van der Waals surface area contributed by atoms with Crippen molar-refractivity contribution >= 4 is 52.5 Å². The summed E-state index contributed by atoms with van der Waals surface area (Å²) in [5.41, 5.74) is 1.16. The van der Waals surface area contributed by atoms with E-state index in [-0.39, 0.29) is 22.7 Å². The minimum Gasteiger partial charge on any atom is -0.468 e. The van der Waals surface area contributed by atoms with E-state index in [1.165, 1.54) is 18.2 Å². The number of hydrogen-bond acceptors (Lipinski definition) is 3. The number of benzene rings is 2. The maximum atomic E-state index is 12.0. The average Bonchev–Trinajstić information content (AvgIpc) is 2.55. The molecule has 0 radical (unpaired) electrons. The summed E-state index contributed by atoms with van der Waals surface area (Å²) in [4.78, 5) is 12.0. The van der Waals surface area contributed by atoms with Gasteiger partial charge in [-0.3, -0.25) is 4.79 Å². The van der Waals surface area contributed by atoms with Crippen LogP contribution in [0.2, 0.25) is 15.1 Å². The van der Waals surface area contributed by atoms with Gasteiger partial charge in [-0.05, 0) is 35.9 Å². The molecule has 4 nitrogen and oxygen atoms in total. The zero-order valence-corrected chi connectivity index (χ0v) is 15.0. The minimum atomic E-state index is -0.360. The molecule has 24 heavy (non-hydrogen) atoms. The first-order valence-electron chi connectivity index (χ1n) is 6.85. The second-order valence-corrected chi connectivity index (χ2v) is 5.94. The van der Waals surface area contributed by atoms with E-state index in [1.807, 2.05) is 12.1 Å². The fraction of sp³-hybridized carbons (Fsp3) is 0.118. The highest BCUT2D eigenvalue weighted by molar-refractivity contribution is 6.42. The Morgan fingerprint density at radius 2 is 1.75 bits per heavy atom. The molecule has 0 aromatic heterocycles. The molecule has 0 aliphatic rings. The molecule has 0 aliphatic carbocycles. The highest BCUT2D eigenvalue weighted by atomic mass is 35.5. The van der Waals surface area contributed by atoms with Crippen molar-refractivity contribution in [1.29, 1.82) is 0 Å². The van der Waals surface area contributed by atoms with Crippen LogP contribution in [0, 0.1) is 0 Å². The smallest absolute Gasteiger partial charge is 0.248 e. The van der Waals surface area contributed by atoms with Crippen molar-refractivity contribution in [3.63, 3.8) is 0 Å². The molecule has 0 saturated carbocycles. The van der Waals surface area contributed by atoms with Crippen molar-refractivity contribution in [2.75, 3.05) is 19.2 Å². The van der Waals surface area contributed by atoms with Gasteiger partial charge in [0.15, 0.2) is 6.79 Å². The summed E-state index contributed by atoms with van der Waals surface area (Å²) in [5, 5.41) is 3.57. The van der Waals surface area contributed by atoms with Gasteiger partial charge in [0.05, 0.1) is 15.7 Å². The summed E-state index contributed by atoms with van der Waals surface area (Å²) in [6.07, 6.45) is 3.04. The largest absolute Gasteiger partial charge is 0.468 e. The van der Waals surface area contributed by atoms with Crippen molar-refractivity contribution in [3.8, 4) is 5.75 Å². The Labute approximate surface area is 154 Å². The molecule has 0 fully saturated rings. The summed E-state index contributed by atoms with van der Waals surface area (Å²) in [6.45, 7) is 0.181. The van der Waals surface area contributed by atoms with Crippen LogP contribution in [0.15, 0.2) is 42.5 Å². The van der Waals surface area contributed by atoms with Gasteiger partial charge in [-0.25, -0.2) is 0 Å². The van der Waals surface area contributed by atoms with Crippen LogP contribution >= 0.6 is 34.8 Å². The van der Waals surface area contributed by atoms with Crippen LogP contribution in [0.25, 0.3) is 6.08 Å². The number of rotatable bonds is 6. The van der Waals surface area contributed by atoms with Crippen LogP contribution in [0.1, 0.15) is 5.56 Å².